The Morgan fingerprint density at radius 1 is 1.48 bits per heavy atom. The lowest BCUT2D eigenvalue weighted by Gasteiger charge is -2.48. The highest BCUT2D eigenvalue weighted by atomic mass is 16.5. The number of rotatable bonds is 2. The van der Waals surface area contributed by atoms with Crippen LogP contribution in [0, 0.1) is 0 Å². The monoisotopic (exact) mass is 299 g/mol. The van der Waals surface area contributed by atoms with Gasteiger partial charge in [0.15, 0.2) is 17.6 Å². The van der Waals surface area contributed by atoms with E-state index in [1.165, 1.54) is 4.90 Å². The third-order valence-electron chi connectivity index (χ3n) is 4.08. The number of primary amides is 1. The third kappa shape index (κ3) is 1.70. The lowest BCUT2D eigenvalue weighted by Crippen LogP contribution is -2.76. The number of nitrogens with one attached hydrogen (secondary N) is 1. The maximum absolute atomic E-state index is 10.8. The van der Waals surface area contributed by atoms with Gasteiger partial charge in [0.1, 0.15) is 18.7 Å². The van der Waals surface area contributed by atoms with Crippen molar-refractivity contribution < 1.29 is 19.7 Å². The molecule has 1 spiro atoms. The normalized spacial score (nSPS) is 36.2. The van der Waals surface area contributed by atoms with E-state index in [9.17, 15) is 15.0 Å². The van der Waals surface area contributed by atoms with E-state index in [0.717, 1.165) is 0 Å². The molecule has 0 aromatic rings. The van der Waals surface area contributed by atoms with E-state index in [2.05, 4.69) is 15.3 Å². The number of nitrogens with zero attached hydrogens (tertiary/aromatic N) is 3. The predicted octanol–water partition coefficient (Wildman–Crippen LogP) is -3.85. The first-order valence-electron chi connectivity index (χ1n) is 6.37. The zero-order chi connectivity index (χ0) is 15.4. The molecule has 0 saturated carbocycles. The molecule has 0 unspecified atom stereocenters. The maximum Gasteiger partial charge on any atom is 0.404 e. The summed E-state index contributed by atoms with van der Waals surface area (Å²) < 4.78 is 4.74. The number of aliphatic hydroxyl groups is 2. The summed E-state index contributed by atoms with van der Waals surface area (Å²) in [5.74, 6) is -1.99. The van der Waals surface area contributed by atoms with Gasteiger partial charge < -0.3 is 42.4 Å². The SMILES string of the molecule is NC(=O)OC[C@@H]1N=C(N)N2CCC(O)(O)[C@@]23NC(N)=N[C@H]13. The van der Waals surface area contributed by atoms with Crippen LogP contribution in [-0.4, -0.2) is 69.8 Å². The number of hydrogen-bond donors (Lipinski definition) is 6. The third-order valence-corrected chi connectivity index (χ3v) is 4.08. The summed E-state index contributed by atoms with van der Waals surface area (Å²) in [6.07, 6.45) is -0.923. The molecule has 0 aromatic carbocycles. The van der Waals surface area contributed by atoms with Crippen molar-refractivity contribution in [1.29, 1.82) is 0 Å². The first-order valence-corrected chi connectivity index (χ1v) is 6.37. The molecule has 21 heavy (non-hydrogen) atoms. The molecule has 0 aromatic heterocycles. The van der Waals surface area contributed by atoms with Crippen LogP contribution in [0.4, 0.5) is 4.79 Å². The summed E-state index contributed by atoms with van der Waals surface area (Å²) in [6, 6.07) is -1.50. The van der Waals surface area contributed by atoms with Crippen molar-refractivity contribution in [3.63, 3.8) is 0 Å². The summed E-state index contributed by atoms with van der Waals surface area (Å²) in [5, 5.41) is 23.5. The fourth-order valence-electron chi connectivity index (χ4n) is 3.23. The highest BCUT2D eigenvalue weighted by molar-refractivity contribution is 5.87. The van der Waals surface area contributed by atoms with Crippen LogP contribution in [0.25, 0.3) is 0 Å². The average Bonchev–Trinajstić information content (AvgIpc) is 2.85. The fourth-order valence-corrected chi connectivity index (χ4v) is 3.23. The van der Waals surface area contributed by atoms with Gasteiger partial charge in [0.2, 0.25) is 5.79 Å². The van der Waals surface area contributed by atoms with Crippen molar-refractivity contribution in [1.82, 2.24) is 10.2 Å². The van der Waals surface area contributed by atoms with Gasteiger partial charge in [-0.3, -0.25) is 0 Å². The Kier molecular flexibility index (Phi) is 2.68. The van der Waals surface area contributed by atoms with Crippen LogP contribution in [0.5, 0.6) is 0 Å². The predicted molar refractivity (Wildman–Crippen MR) is 70.7 cm³/mol. The van der Waals surface area contributed by atoms with Crippen LogP contribution in [0.2, 0.25) is 0 Å². The Labute approximate surface area is 119 Å². The number of ether oxygens (including phenoxy) is 1. The van der Waals surface area contributed by atoms with Gasteiger partial charge in [-0.05, 0) is 0 Å². The van der Waals surface area contributed by atoms with Gasteiger partial charge in [-0.1, -0.05) is 0 Å². The molecule has 3 aliphatic rings. The van der Waals surface area contributed by atoms with Crippen molar-refractivity contribution in [2.24, 2.45) is 27.2 Å². The van der Waals surface area contributed by atoms with Gasteiger partial charge in [0.25, 0.3) is 0 Å². The molecule has 116 valence electrons. The second-order valence-electron chi connectivity index (χ2n) is 5.25. The Morgan fingerprint density at radius 2 is 2.19 bits per heavy atom. The summed E-state index contributed by atoms with van der Waals surface area (Å²) >= 11 is 0. The zero-order valence-corrected chi connectivity index (χ0v) is 11.1. The van der Waals surface area contributed by atoms with Gasteiger partial charge in [-0.15, -0.1) is 0 Å². The molecule has 9 N–H and O–H groups in total. The van der Waals surface area contributed by atoms with Crippen LogP contribution in [0.15, 0.2) is 9.98 Å². The van der Waals surface area contributed by atoms with E-state index >= 15 is 0 Å². The van der Waals surface area contributed by atoms with Gasteiger partial charge in [0, 0.05) is 13.0 Å². The molecular formula is C10H17N7O4. The lowest BCUT2D eigenvalue weighted by molar-refractivity contribution is -0.221. The second kappa shape index (κ2) is 4.11. The van der Waals surface area contributed by atoms with Crippen molar-refractivity contribution in [3.8, 4) is 0 Å². The van der Waals surface area contributed by atoms with Crippen LogP contribution in [0.1, 0.15) is 6.42 Å². The Balaban J connectivity index is 2.01. The Hall–Kier alpha value is -2.27. The van der Waals surface area contributed by atoms with Crippen molar-refractivity contribution in [2.75, 3.05) is 13.2 Å². The largest absolute Gasteiger partial charge is 0.447 e. The number of amides is 1. The topological polar surface area (TPSA) is 185 Å². The minimum atomic E-state index is -2.12. The quantitative estimate of drug-likeness (QED) is 0.280. The molecule has 0 radical (unpaired) electrons. The zero-order valence-electron chi connectivity index (χ0n) is 11.1. The second-order valence-corrected chi connectivity index (χ2v) is 5.25. The smallest absolute Gasteiger partial charge is 0.404 e. The van der Waals surface area contributed by atoms with Crippen LogP contribution in [-0.2, 0) is 4.74 Å². The summed E-state index contributed by atoms with van der Waals surface area (Å²) in [6.45, 7) is 0.0862. The van der Waals surface area contributed by atoms with Gasteiger partial charge in [-0.2, -0.15) is 0 Å². The number of aliphatic imine (C=N–C) groups is 2. The molecule has 11 nitrogen and oxygen atoms in total. The molecule has 1 fully saturated rings. The van der Waals surface area contributed by atoms with Gasteiger partial charge in [-0.25, -0.2) is 14.8 Å². The Bertz CT molecular complexity index is 548. The molecular weight excluding hydrogens is 282 g/mol. The fraction of sp³-hybridized carbons (Fsp3) is 0.700. The number of carbonyl (C=O) groups excluding carboxylic acids is 1. The molecule has 11 heteroatoms. The average molecular weight is 299 g/mol. The molecule has 3 aliphatic heterocycles. The minimum Gasteiger partial charge on any atom is -0.447 e. The van der Waals surface area contributed by atoms with E-state index in [-0.39, 0.29) is 31.5 Å². The molecule has 1 amide bonds. The number of hydrogen-bond acceptors (Lipinski definition) is 10. The summed E-state index contributed by atoms with van der Waals surface area (Å²) in [5.41, 5.74) is 15.1. The molecule has 3 heterocycles. The van der Waals surface area contributed by atoms with Gasteiger partial charge >= 0.3 is 6.09 Å². The first kappa shape index (κ1) is 13.7. The summed E-state index contributed by atoms with van der Waals surface area (Å²) in [7, 11) is 0. The van der Waals surface area contributed by atoms with E-state index in [0.29, 0.717) is 0 Å². The van der Waals surface area contributed by atoms with Gasteiger partial charge in [0.05, 0.1) is 0 Å². The molecule has 3 atom stereocenters. The van der Waals surface area contributed by atoms with E-state index in [1.54, 1.807) is 0 Å². The maximum atomic E-state index is 10.8. The van der Waals surface area contributed by atoms with Crippen molar-refractivity contribution in [2.45, 2.75) is 30.0 Å². The highest BCUT2D eigenvalue weighted by Crippen LogP contribution is 2.44. The van der Waals surface area contributed by atoms with Crippen molar-refractivity contribution >= 4 is 18.0 Å². The number of guanidine groups is 2. The van der Waals surface area contributed by atoms with Crippen LogP contribution < -0.4 is 22.5 Å². The molecule has 0 aliphatic carbocycles. The highest BCUT2D eigenvalue weighted by Gasteiger charge is 2.69. The number of carbonyl (C=O) groups is 1. The van der Waals surface area contributed by atoms with Crippen LogP contribution >= 0.6 is 0 Å². The first-order chi connectivity index (χ1) is 9.78. The Morgan fingerprint density at radius 3 is 2.86 bits per heavy atom. The van der Waals surface area contributed by atoms with E-state index < -0.39 is 29.6 Å². The van der Waals surface area contributed by atoms with Crippen LogP contribution in [0.3, 0.4) is 0 Å². The number of nitrogens with two attached hydrogens (primary N) is 3. The van der Waals surface area contributed by atoms with E-state index in [1.807, 2.05) is 0 Å². The lowest BCUT2D eigenvalue weighted by atomic mass is 9.87. The van der Waals surface area contributed by atoms with E-state index in [4.69, 9.17) is 21.9 Å². The van der Waals surface area contributed by atoms with Crippen molar-refractivity contribution in [3.05, 3.63) is 0 Å². The summed E-state index contributed by atoms with van der Waals surface area (Å²) in [4.78, 5) is 20.6. The molecule has 3 rings (SSSR count). The standard InChI is InChI=1S/C10H17N7O4/c11-6-15-5-4(3-21-8(13)18)14-7(12)17-2-1-9(19,20)10(5,17)16-6/h4-5,19-20H,1-3H2,(H2,12,14)(H2,13,18)(H3,11,15,16)/t4-,5+,10-/m0/s1. The molecule has 1 saturated heterocycles. The minimum absolute atomic E-state index is 0.0355. The molecule has 0 bridgehead atoms.